The molecule has 3 heterocycles. The van der Waals surface area contributed by atoms with Gasteiger partial charge in [0.1, 0.15) is 30.1 Å². The van der Waals surface area contributed by atoms with Gasteiger partial charge in [-0.25, -0.2) is 4.79 Å². The fourth-order valence-corrected chi connectivity index (χ4v) is 11.5. The number of methoxy groups -OCH3 is 2. The Balaban J connectivity index is 1.49. The number of ketones is 3. The van der Waals surface area contributed by atoms with Crippen LogP contribution in [0.3, 0.4) is 0 Å². The first-order valence-electron chi connectivity index (χ1n) is 26.4. The number of carbonyl (C=O) groups excluding carboxylic acids is 5. The number of cyclic esters (lactones) is 1. The molecule has 1 saturated carbocycles. The second-order valence-corrected chi connectivity index (χ2v) is 22.7. The minimum atomic E-state index is -2.48. The van der Waals surface area contributed by atoms with Crippen LogP contribution in [-0.4, -0.2) is 125 Å². The molecule has 2 saturated heterocycles. The molecular formula is C57H83IN2O13. The molecule has 3 aliphatic heterocycles. The van der Waals surface area contributed by atoms with Gasteiger partial charge in [0, 0.05) is 60.6 Å². The fraction of sp³-hybridized carbons (Fsp3) is 0.667. The number of rotatable bonds is 8. The van der Waals surface area contributed by atoms with E-state index in [-0.39, 0.29) is 67.8 Å². The van der Waals surface area contributed by atoms with Gasteiger partial charge in [0.15, 0.2) is 5.78 Å². The van der Waals surface area contributed by atoms with Crippen molar-refractivity contribution in [1.82, 2.24) is 4.90 Å². The van der Waals surface area contributed by atoms with Gasteiger partial charge in [0.2, 0.25) is 5.79 Å². The van der Waals surface area contributed by atoms with Crippen molar-refractivity contribution in [2.24, 2.45) is 35.5 Å². The van der Waals surface area contributed by atoms with Crippen molar-refractivity contribution >= 4 is 57.5 Å². The molecule has 15 atom stereocenters. The molecule has 1 aromatic carbocycles. The number of carbonyl (C=O) groups is 5. The van der Waals surface area contributed by atoms with Crippen LogP contribution < -0.4 is 5.73 Å². The van der Waals surface area contributed by atoms with Gasteiger partial charge < -0.3 is 49.6 Å². The van der Waals surface area contributed by atoms with Gasteiger partial charge in [-0.2, -0.15) is 0 Å². The summed E-state index contributed by atoms with van der Waals surface area (Å²) in [6.07, 6.45) is 10.7. The Bertz CT molecular complexity index is 2190. The van der Waals surface area contributed by atoms with Crippen molar-refractivity contribution in [3.63, 3.8) is 0 Å². The van der Waals surface area contributed by atoms with Crippen LogP contribution in [-0.2, 0) is 54.3 Å². The molecule has 0 spiro atoms. The molecular weight excluding hydrogens is 1050 g/mol. The number of hydrogen-bond donors (Lipinski definition) is 4. The molecule has 1 aromatic rings. The normalized spacial score (nSPS) is 37.2. The number of anilines is 1. The number of esters is 1. The number of fused-ring (bicyclic) bond motifs is 3. The van der Waals surface area contributed by atoms with Crippen molar-refractivity contribution in [3.05, 3.63) is 74.9 Å². The van der Waals surface area contributed by atoms with E-state index in [4.69, 9.17) is 29.4 Å². The van der Waals surface area contributed by atoms with E-state index in [0.29, 0.717) is 69.0 Å². The molecule has 73 heavy (non-hydrogen) atoms. The van der Waals surface area contributed by atoms with Crippen LogP contribution in [0.15, 0.2) is 65.8 Å². The van der Waals surface area contributed by atoms with Crippen LogP contribution in [0.25, 0.3) is 0 Å². The number of aliphatic hydroxyl groups excluding tert-OH is 2. The Hall–Kier alpha value is -3.62. The van der Waals surface area contributed by atoms with E-state index < -0.39 is 83.9 Å². The first-order chi connectivity index (χ1) is 34.6. The minimum Gasteiger partial charge on any atom is -0.460 e. The number of halogens is 1. The molecule has 0 aromatic heterocycles. The average molecular weight is 1130 g/mol. The van der Waals surface area contributed by atoms with E-state index in [2.05, 4.69) is 22.6 Å². The quantitative estimate of drug-likeness (QED) is 0.0639. The van der Waals surface area contributed by atoms with Crippen LogP contribution in [0.2, 0.25) is 0 Å². The van der Waals surface area contributed by atoms with Crippen LogP contribution in [0.5, 0.6) is 0 Å². The predicted octanol–water partition coefficient (Wildman–Crippen LogP) is 7.94. The number of aliphatic hydroxyl groups is 3. The van der Waals surface area contributed by atoms with Crippen LogP contribution in [0.4, 0.5) is 5.69 Å². The number of ether oxygens (including phenoxy) is 5. The molecule has 5 rings (SSSR count). The Morgan fingerprint density at radius 1 is 0.904 bits per heavy atom. The summed E-state index contributed by atoms with van der Waals surface area (Å²) in [4.78, 5) is 72.7. The largest absolute Gasteiger partial charge is 0.460 e. The monoisotopic (exact) mass is 1130 g/mol. The lowest BCUT2D eigenvalue weighted by molar-refractivity contribution is -0.266. The van der Waals surface area contributed by atoms with Gasteiger partial charge in [-0.1, -0.05) is 77.1 Å². The van der Waals surface area contributed by atoms with Crippen molar-refractivity contribution in [3.8, 4) is 0 Å². The Kier molecular flexibility index (Phi) is 23.1. The van der Waals surface area contributed by atoms with E-state index in [1.807, 2.05) is 76.3 Å². The second-order valence-electron chi connectivity index (χ2n) is 21.5. The van der Waals surface area contributed by atoms with Crippen LogP contribution in [0, 0.1) is 39.1 Å². The van der Waals surface area contributed by atoms with Gasteiger partial charge in [-0.3, -0.25) is 19.2 Å². The Morgan fingerprint density at radius 3 is 2.34 bits per heavy atom. The first kappa shape index (κ1) is 60.2. The lowest BCUT2D eigenvalue weighted by Gasteiger charge is -2.43. The molecule has 16 heteroatoms. The third-order valence-corrected chi connectivity index (χ3v) is 16.6. The maximum absolute atomic E-state index is 14.5. The molecule has 1 amide bonds. The zero-order valence-corrected chi connectivity index (χ0v) is 46.7. The number of piperidine rings is 1. The molecule has 1 aliphatic carbocycles. The summed E-state index contributed by atoms with van der Waals surface area (Å²) in [7, 11) is 2.94. The van der Waals surface area contributed by atoms with Gasteiger partial charge in [0.05, 0.1) is 31.0 Å². The minimum absolute atomic E-state index is 0.0112. The topological polar surface area (TPSA) is 221 Å². The maximum Gasteiger partial charge on any atom is 0.329 e. The molecule has 2 bridgehead atoms. The smallest absolute Gasteiger partial charge is 0.329 e. The SMILES string of the molecule is CO[C@@H]1C[C@H](C[C@@H](C)[C@@H]2CC(=O)[C@H](C)/C=C(\C)[C@@H](O)[C@@H](OC)C(=O)[C@H](C)C[C@H](C)/C=C/C=C/C=C(\C)C(OCc3ccc(N)c(I)c3)C[C@@H]3CC[C@@H](C)[C@@](O)(O3)C(=O)C(=O)N3CCCC[C@H]3C(=O)O2)CC[C@H]1O. The van der Waals surface area contributed by atoms with E-state index in [0.717, 1.165) is 14.7 Å². The Labute approximate surface area is 446 Å². The van der Waals surface area contributed by atoms with Gasteiger partial charge in [-0.05, 0) is 147 Å². The van der Waals surface area contributed by atoms with Crippen molar-refractivity contribution in [2.75, 3.05) is 26.5 Å². The first-order valence-corrected chi connectivity index (χ1v) is 27.5. The van der Waals surface area contributed by atoms with E-state index in [1.54, 1.807) is 34.0 Å². The molecule has 3 fully saturated rings. The lowest BCUT2D eigenvalue weighted by atomic mass is 9.78. The van der Waals surface area contributed by atoms with Crippen molar-refractivity contribution in [1.29, 1.82) is 0 Å². The van der Waals surface area contributed by atoms with Crippen LogP contribution >= 0.6 is 22.6 Å². The highest BCUT2D eigenvalue weighted by Crippen LogP contribution is 2.38. The third-order valence-electron chi connectivity index (χ3n) is 15.7. The van der Waals surface area contributed by atoms with Gasteiger partial charge >= 0.3 is 5.97 Å². The number of amides is 1. The molecule has 406 valence electrons. The highest BCUT2D eigenvalue weighted by atomic mass is 127. The number of hydrogen-bond acceptors (Lipinski definition) is 14. The average Bonchev–Trinajstić information content (AvgIpc) is 3.36. The highest BCUT2D eigenvalue weighted by molar-refractivity contribution is 14.1. The predicted molar refractivity (Wildman–Crippen MR) is 286 cm³/mol. The van der Waals surface area contributed by atoms with Crippen molar-refractivity contribution in [2.45, 2.75) is 187 Å². The van der Waals surface area contributed by atoms with Crippen molar-refractivity contribution < 1.29 is 63.0 Å². The summed E-state index contributed by atoms with van der Waals surface area (Å²) < 4.78 is 31.3. The molecule has 4 aliphatic rings. The summed E-state index contributed by atoms with van der Waals surface area (Å²) >= 11 is 2.18. The fourth-order valence-electron chi connectivity index (χ4n) is 10.9. The number of nitrogens with two attached hydrogens (primary N) is 1. The molecule has 1 unspecified atom stereocenters. The summed E-state index contributed by atoms with van der Waals surface area (Å²) in [5.74, 6) is -8.22. The molecule has 0 radical (unpaired) electrons. The van der Waals surface area contributed by atoms with Gasteiger partial charge in [0.25, 0.3) is 11.7 Å². The Morgan fingerprint density at radius 2 is 1.64 bits per heavy atom. The number of allylic oxidation sites excluding steroid dienone is 6. The van der Waals surface area contributed by atoms with E-state index >= 15 is 0 Å². The maximum atomic E-state index is 14.5. The second kappa shape index (κ2) is 28.0. The number of nitrogens with zero attached hydrogens (tertiary/aromatic N) is 1. The zero-order valence-electron chi connectivity index (χ0n) is 44.5. The third kappa shape index (κ3) is 16.2. The lowest BCUT2D eigenvalue weighted by Crippen LogP contribution is -2.61. The van der Waals surface area contributed by atoms with E-state index in [9.17, 15) is 39.3 Å². The number of nitrogen functional groups attached to an aromatic ring is 1. The summed E-state index contributed by atoms with van der Waals surface area (Å²) in [5, 5.41) is 34.3. The summed E-state index contributed by atoms with van der Waals surface area (Å²) in [6.45, 7) is 13.0. The summed E-state index contributed by atoms with van der Waals surface area (Å²) in [6, 6.07) is 4.51. The van der Waals surface area contributed by atoms with Gasteiger partial charge in [-0.15, -0.1) is 0 Å². The van der Waals surface area contributed by atoms with Crippen LogP contribution in [0.1, 0.15) is 131 Å². The number of Topliss-reactive ketones (excluding diaryl/α,β-unsaturated/α-hetero) is 3. The zero-order chi connectivity index (χ0) is 53.7. The molecule has 15 nitrogen and oxygen atoms in total. The molecule has 5 N–H and O–H groups in total. The number of benzene rings is 1. The standard InChI is InChI=1S/C57H83IN2O13/c1-33-15-11-10-12-16-34(2)48(71-32-41-19-22-44(59)43(58)28-41)30-42-21-18-39(7)57(68,73-42)54(65)55(66)60-24-14-13-17-45(60)56(67)72-49(36(4)27-40-20-23-46(61)50(29-40)69-8)31-47(62)35(3)26-38(6)52(64)53(70-9)51(63)37(5)25-33/h10-12,15-16,19,22,26,28,33,35-37,39-40,42,45-46,48-50,52-53,61,64,68H,13-14,17-18,20-21,23-25,27,29-32,59H2,1-9H3/b12-10+,15-11+,34-16+,38-26+/t33-,35-,36-,37-,39-,40+,42+,45+,46-,48?,49+,50-,52-,53+,57-/m1/s1. The summed E-state index contributed by atoms with van der Waals surface area (Å²) in [5.41, 5.74) is 8.88. The highest BCUT2D eigenvalue weighted by Gasteiger charge is 2.53. The van der Waals surface area contributed by atoms with E-state index in [1.165, 1.54) is 12.0 Å².